The van der Waals surface area contributed by atoms with Crippen LogP contribution in [0.4, 0.5) is 0 Å². The second-order valence-corrected chi connectivity index (χ2v) is 3.43. The van der Waals surface area contributed by atoms with E-state index in [1.54, 1.807) is 0 Å². The molecule has 12 heavy (non-hydrogen) atoms. The minimum absolute atomic E-state index is 0.553. The minimum Gasteiger partial charge on any atom is -0.311 e. The molecular weight excluding hydrogens is 150 g/mol. The number of nitrogens with zero attached hydrogens (tertiary/aromatic N) is 2. The van der Waals surface area contributed by atoms with Gasteiger partial charge in [0.05, 0.1) is 6.07 Å². The van der Waals surface area contributed by atoms with Crippen LogP contribution in [0.25, 0.3) is 0 Å². The largest absolute Gasteiger partial charge is 0.311 e. The zero-order valence-electron chi connectivity index (χ0n) is 7.88. The van der Waals surface area contributed by atoms with Crippen molar-refractivity contribution in [2.75, 3.05) is 19.6 Å². The Morgan fingerprint density at radius 3 is 3.00 bits per heavy atom. The molecule has 0 bridgehead atoms. The lowest BCUT2D eigenvalue weighted by Gasteiger charge is -2.38. The van der Waals surface area contributed by atoms with Gasteiger partial charge in [0.25, 0.3) is 0 Å². The Labute approximate surface area is 74.4 Å². The van der Waals surface area contributed by atoms with Gasteiger partial charge in [-0.05, 0) is 13.8 Å². The Kier molecular flexibility index (Phi) is 3.51. The smallest absolute Gasteiger partial charge is 0.0635 e. The van der Waals surface area contributed by atoms with Crippen molar-refractivity contribution >= 4 is 0 Å². The maximum absolute atomic E-state index is 8.46. The highest BCUT2D eigenvalue weighted by Gasteiger charge is 2.23. The summed E-state index contributed by atoms with van der Waals surface area (Å²) in [7, 11) is 0. The molecule has 1 N–H and O–H groups in total. The highest BCUT2D eigenvalue weighted by atomic mass is 15.2. The molecule has 0 aliphatic carbocycles. The molecule has 0 amide bonds. The van der Waals surface area contributed by atoms with Gasteiger partial charge in [0.1, 0.15) is 0 Å². The number of nitriles is 1. The van der Waals surface area contributed by atoms with Crippen LogP contribution in [0, 0.1) is 11.3 Å². The van der Waals surface area contributed by atoms with E-state index in [-0.39, 0.29) is 0 Å². The van der Waals surface area contributed by atoms with Crippen LogP contribution in [0.5, 0.6) is 0 Å². The molecule has 0 aromatic rings. The van der Waals surface area contributed by atoms with E-state index in [0.29, 0.717) is 18.5 Å². The van der Waals surface area contributed by atoms with Gasteiger partial charge in [-0.1, -0.05) is 0 Å². The number of rotatable bonds is 2. The van der Waals surface area contributed by atoms with Crippen molar-refractivity contribution in [3.8, 4) is 6.07 Å². The van der Waals surface area contributed by atoms with Gasteiger partial charge in [-0.25, -0.2) is 0 Å². The fourth-order valence-corrected chi connectivity index (χ4v) is 1.64. The van der Waals surface area contributed by atoms with E-state index in [9.17, 15) is 0 Å². The van der Waals surface area contributed by atoms with Crippen molar-refractivity contribution in [1.29, 1.82) is 5.26 Å². The van der Waals surface area contributed by atoms with E-state index < -0.39 is 0 Å². The maximum atomic E-state index is 8.46. The molecule has 1 aliphatic heterocycles. The highest BCUT2D eigenvalue weighted by Crippen LogP contribution is 2.08. The lowest BCUT2D eigenvalue weighted by Crippen LogP contribution is -2.55. The molecule has 0 radical (unpaired) electrons. The first kappa shape index (κ1) is 9.50. The number of hydrogen-bond donors (Lipinski definition) is 1. The van der Waals surface area contributed by atoms with E-state index in [0.717, 1.165) is 19.6 Å². The van der Waals surface area contributed by atoms with Gasteiger partial charge in [0.15, 0.2) is 0 Å². The topological polar surface area (TPSA) is 39.1 Å². The standard InChI is InChI=1S/C9H17N3/c1-8-9(2)12(6-3-4-10)7-5-11-8/h8-9,11H,3,5-7H2,1-2H3. The fraction of sp³-hybridized carbons (Fsp3) is 0.889. The van der Waals surface area contributed by atoms with Crippen LogP contribution in [-0.2, 0) is 0 Å². The number of piperazine rings is 1. The lowest BCUT2D eigenvalue weighted by atomic mass is 10.1. The third-order valence-electron chi connectivity index (χ3n) is 2.68. The molecule has 2 unspecified atom stereocenters. The van der Waals surface area contributed by atoms with Gasteiger partial charge < -0.3 is 5.32 Å². The second kappa shape index (κ2) is 4.44. The SMILES string of the molecule is CC1NCCN(CCC#N)C1C. The summed E-state index contributed by atoms with van der Waals surface area (Å²) in [6.07, 6.45) is 0.650. The first-order valence-corrected chi connectivity index (χ1v) is 4.60. The number of nitrogens with one attached hydrogen (secondary N) is 1. The molecule has 68 valence electrons. The van der Waals surface area contributed by atoms with E-state index in [1.165, 1.54) is 0 Å². The van der Waals surface area contributed by atoms with Crippen LogP contribution < -0.4 is 5.32 Å². The van der Waals surface area contributed by atoms with Gasteiger partial charge in [-0.3, -0.25) is 4.90 Å². The van der Waals surface area contributed by atoms with Crippen molar-refractivity contribution < 1.29 is 0 Å². The molecule has 1 rings (SSSR count). The van der Waals surface area contributed by atoms with Gasteiger partial charge in [0, 0.05) is 38.1 Å². The Morgan fingerprint density at radius 2 is 2.33 bits per heavy atom. The quantitative estimate of drug-likeness (QED) is 0.654. The Hall–Kier alpha value is -0.590. The average Bonchev–Trinajstić information content (AvgIpc) is 2.08. The molecule has 2 atom stereocenters. The monoisotopic (exact) mass is 167 g/mol. The molecule has 0 aromatic carbocycles. The lowest BCUT2D eigenvalue weighted by molar-refractivity contribution is 0.141. The molecular formula is C9H17N3. The molecule has 0 aromatic heterocycles. The molecule has 3 heteroatoms. The Morgan fingerprint density at radius 1 is 1.58 bits per heavy atom. The fourth-order valence-electron chi connectivity index (χ4n) is 1.64. The highest BCUT2D eigenvalue weighted by molar-refractivity contribution is 4.85. The van der Waals surface area contributed by atoms with Crippen molar-refractivity contribution in [2.45, 2.75) is 32.4 Å². The predicted molar refractivity (Wildman–Crippen MR) is 48.7 cm³/mol. The van der Waals surface area contributed by atoms with Crippen LogP contribution in [-0.4, -0.2) is 36.6 Å². The molecule has 3 nitrogen and oxygen atoms in total. The summed E-state index contributed by atoms with van der Waals surface area (Å²) in [5.41, 5.74) is 0. The van der Waals surface area contributed by atoms with E-state index in [1.807, 2.05) is 0 Å². The predicted octanol–water partition coefficient (Wildman–Crippen LogP) is 0.582. The van der Waals surface area contributed by atoms with E-state index in [4.69, 9.17) is 5.26 Å². The third kappa shape index (κ3) is 2.20. The van der Waals surface area contributed by atoms with E-state index >= 15 is 0 Å². The summed E-state index contributed by atoms with van der Waals surface area (Å²) in [6, 6.07) is 3.30. The zero-order valence-corrected chi connectivity index (χ0v) is 7.88. The summed E-state index contributed by atoms with van der Waals surface area (Å²) in [5, 5.41) is 11.9. The van der Waals surface area contributed by atoms with Gasteiger partial charge in [0.2, 0.25) is 0 Å². The molecule has 1 aliphatic rings. The van der Waals surface area contributed by atoms with Crippen molar-refractivity contribution in [1.82, 2.24) is 10.2 Å². The third-order valence-corrected chi connectivity index (χ3v) is 2.68. The summed E-state index contributed by atoms with van der Waals surface area (Å²) in [6.45, 7) is 7.46. The summed E-state index contributed by atoms with van der Waals surface area (Å²) < 4.78 is 0. The van der Waals surface area contributed by atoms with Crippen LogP contribution in [0.2, 0.25) is 0 Å². The molecule has 1 fully saturated rings. The maximum Gasteiger partial charge on any atom is 0.0635 e. The zero-order chi connectivity index (χ0) is 8.97. The molecule has 1 heterocycles. The molecule has 1 saturated heterocycles. The summed E-state index contributed by atoms with van der Waals surface area (Å²) in [5.74, 6) is 0. The second-order valence-electron chi connectivity index (χ2n) is 3.43. The van der Waals surface area contributed by atoms with Gasteiger partial charge in [-0.15, -0.1) is 0 Å². The number of hydrogen-bond acceptors (Lipinski definition) is 3. The van der Waals surface area contributed by atoms with Crippen LogP contribution in [0.1, 0.15) is 20.3 Å². The van der Waals surface area contributed by atoms with Crippen molar-refractivity contribution in [3.05, 3.63) is 0 Å². The summed E-state index contributed by atoms with van der Waals surface area (Å²) in [4.78, 5) is 2.38. The Balaban J connectivity index is 2.36. The first-order valence-electron chi connectivity index (χ1n) is 4.60. The molecule has 0 saturated carbocycles. The van der Waals surface area contributed by atoms with E-state index in [2.05, 4.69) is 30.1 Å². The minimum atomic E-state index is 0.553. The summed E-state index contributed by atoms with van der Waals surface area (Å²) >= 11 is 0. The van der Waals surface area contributed by atoms with Crippen LogP contribution >= 0.6 is 0 Å². The van der Waals surface area contributed by atoms with Crippen LogP contribution in [0.3, 0.4) is 0 Å². The van der Waals surface area contributed by atoms with Crippen LogP contribution in [0.15, 0.2) is 0 Å². The Bertz CT molecular complexity index is 173. The normalized spacial score (nSPS) is 31.4. The van der Waals surface area contributed by atoms with Gasteiger partial charge >= 0.3 is 0 Å². The van der Waals surface area contributed by atoms with Crippen molar-refractivity contribution in [2.24, 2.45) is 0 Å². The first-order chi connectivity index (χ1) is 5.75. The van der Waals surface area contributed by atoms with Gasteiger partial charge in [-0.2, -0.15) is 5.26 Å². The van der Waals surface area contributed by atoms with Crippen molar-refractivity contribution in [3.63, 3.8) is 0 Å². The average molecular weight is 167 g/mol. The molecule has 0 spiro atoms.